The molecule has 5 heteroatoms. The van der Waals surface area contributed by atoms with Gasteiger partial charge in [-0.3, -0.25) is 5.26 Å². The highest BCUT2D eigenvalue weighted by atomic mass is 17.1. The zero-order chi connectivity index (χ0) is 18.4. The summed E-state index contributed by atoms with van der Waals surface area (Å²) in [5.74, 6) is 0.530. The average molecular weight is 350 g/mol. The Morgan fingerprint density at radius 2 is 2.08 bits per heavy atom. The third kappa shape index (κ3) is 2.96. The lowest BCUT2D eigenvalue weighted by atomic mass is 9.46. The van der Waals surface area contributed by atoms with Crippen LogP contribution in [-0.2, 0) is 14.4 Å². The van der Waals surface area contributed by atoms with Gasteiger partial charge in [-0.2, -0.15) is 0 Å². The Balaban J connectivity index is 1.82. The van der Waals surface area contributed by atoms with Gasteiger partial charge in [-0.1, -0.05) is 27.4 Å². The summed E-state index contributed by atoms with van der Waals surface area (Å²) in [5.41, 5.74) is 1.70. The number of cyclic esters (lactones) is 1. The third-order valence-corrected chi connectivity index (χ3v) is 7.56. The second kappa shape index (κ2) is 6.53. The molecule has 2 fully saturated rings. The summed E-state index contributed by atoms with van der Waals surface area (Å²) >= 11 is 0. The molecule has 3 aliphatic rings. The van der Waals surface area contributed by atoms with Crippen LogP contribution in [0.25, 0.3) is 0 Å². The fourth-order valence-corrected chi connectivity index (χ4v) is 5.57. The lowest BCUT2D eigenvalue weighted by Gasteiger charge is -2.59. The minimum atomic E-state index is -1.09. The van der Waals surface area contributed by atoms with Gasteiger partial charge in [0.15, 0.2) is 0 Å². The minimum absolute atomic E-state index is 0.0537. The Hall–Kier alpha value is -1.17. The second-order valence-corrected chi connectivity index (χ2v) is 8.62. The highest BCUT2D eigenvalue weighted by Gasteiger charge is 2.55. The molecule has 0 spiro atoms. The molecular formula is C20H30O5. The van der Waals surface area contributed by atoms with Crippen molar-refractivity contribution < 1.29 is 24.8 Å². The van der Waals surface area contributed by atoms with Gasteiger partial charge in [0.05, 0.1) is 0 Å². The van der Waals surface area contributed by atoms with Crippen LogP contribution in [0.5, 0.6) is 0 Å². The molecule has 3 rings (SSSR count). The van der Waals surface area contributed by atoms with E-state index in [9.17, 15) is 15.2 Å². The van der Waals surface area contributed by atoms with Gasteiger partial charge >= 0.3 is 5.97 Å². The predicted octanol–water partition coefficient (Wildman–Crippen LogP) is 3.84. The van der Waals surface area contributed by atoms with Gasteiger partial charge in [0.2, 0.25) is 6.29 Å². The molecule has 25 heavy (non-hydrogen) atoms. The van der Waals surface area contributed by atoms with E-state index in [0.717, 1.165) is 37.7 Å². The van der Waals surface area contributed by atoms with Crippen LogP contribution in [0, 0.1) is 22.7 Å². The van der Waals surface area contributed by atoms with E-state index in [1.54, 1.807) is 0 Å². The van der Waals surface area contributed by atoms with E-state index in [2.05, 4.69) is 32.2 Å². The van der Waals surface area contributed by atoms with Crippen LogP contribution >= 0.6 is 0 Å². The van der Waals surface area contributed by atoms with E-state index in [4.69, 9.17) is 4.74 Å². The van der Waals surface area contributed by atoms with Gasteiger partial charge in [0.25, 0.3) is 0 Å². The lowest BCUT2D eigenvalue weighted by Crippen LogP contribution is -2.53. The van der Waals surface area contributed by atoms with Crippen LogP contribution in [0.2, 0.25) is 0 Å². The molecule has 0 aromatic carbocycles. The van der Waals surface area contributed by atoms with Crippen molar-refractivity contribution in [3.63, 3.8) is 0 Å². The number of hydrogen-bond acceptors (Lipinski definition) is 5. The van der Waals surface area contributed by atoms with Gasteiger partial charge in [0.1, 0.15) is 6.10 Å². The number of fused-ring (bicyclic) bond motifs is 1. The fourth-order valence-electron chi connectivity index (χ4n) is 5.57. The summed E-state index contributed by atoms with van der Waals surface area (Å²) < 4.78 is 4.81. The maximum Gasteiger partial charge on any atom is 0.333 e. The smallest absolute Gasteiger partial charge is 0.333 e. The molecule has 1 aliphatic heterocycles. The molecule has 0 radical (unpaired) electrons. The fraction of sp³-hybridized carbons (Fsp3) is 0.750. The Kier molecular flexibility index (Phi) is 4.86. The number of rotatable bonds is 4. The van der Waals surface area contributed by atoms with E-state index in [1.807, 2.05) is 0 Å². The lowest BCUT2D eigenvalue weighted by molar-refractivity contribution is -0.280. The van der Waals surface area contributed by atoms with Crippen LogP contribution < -0.4 is 0 Å². The van der Waals surface area contributed by atoms with Gasteiger partial charge < -0.3 is 9.84 Å². The summed E-state index contributed by atoms with van der Waals surface area (Å²) in [5, 5.41) is 19.1. The van der Waals surface area contributed by atoms with Gasteiger partial charge in [-0.15, -0.1) is 0 Å². The summed E-state index contributed by atoms with van der Waals surface area (Å²) in [7, 11) is 0. The van der Waals surface area contributed by atoms with E-state index in [1.165, 1.54) is 6.08 Å². The van der Waals surface area contributed by atoms with Crippen molar-refractivity contribution in [2.24, 2.45) is 22.7 Å². The number of ether oxygens (including phenoxy) is 1. The van der Waals surface area contributed by atoms with Crippen LogP contribution in [0.4, 0.5) is 0 Å². The van der Waals surface area contributed by atoms with Crippen molar-refractivity contribution in [2.45, 2.75) is 71.7 Å². The number of aliphatic hydroxyl groups is 1. The van der Waals surface area contributed by atoms with Gasteiger partial charge in [-0.25, -0.2) is 9.68 Å². The van der Waals surface area contributed by atoms with E-state index < -0.39 is 12.3 Å². The van der Waals surface area contributed by atoms with Gasteiger partial charge in [-0.05, 0) is 66.8 Å². The monoisotopic (exact) mass is 350 g/mol. The number of aliphatic hydroxyl groups excluding tert-OH is 1. The van der Waals surface area contributed by atoms with Crippen LogP contribution in [0.15, 0.2) is 23.8 Å². The van der Waals surface area contributed by atoms with Crippen LogP contribution in [0.3, 0.4) is 0 Å². The molecule has 5 nitrogen and oxygen atoms in total. The largest absolute Gasteiger partial charge is 0.429 e. The number of esters is 1. The quantitative estimate of drug-likeness (QED) is 0.349. The average Bonchev–Trinajstić information content (AvgIpc) is 2.89. The first-order valence-electron chi connectivity index (χ1n) is 9.31. The first-order valence-corrected chi connectivity index (χ1v) is 9.31. The second-order valence-electron chi connectivity index (χ2n) is 8.62. The molecule has 0 saturated heterocycles. The highest BCUT2D eigenvalue weighted by molar-refractivity contribution is 5.85. The first kappa shape index (κ1) is 18.6. The normalized spacial score (nSPS) is 44.3. The molecule has 6 atom stereocenters. The van der Waals surface area contributed by atoms with Crippen molar-refractivity contribution >= 4 is 5.97 Å². The van der Waals surface area contributed by atoms with E-state index in [-0.39, 0.29) is 16.9 Å². The molecule has 0 bridgehead atoms. The van der Waals surface area contributed by atoms with Crippen molar-refractivity contribution in [3.8, 4) is 0 Å². The molecule has 2 saturated carbocycles. The van der Waals surface area contributed by atoms with Crippen LogP contribution in [-0.4, -0.2) is 28.7 Å². The van der Waals surface area contributed by atoms with E-state index >= 15 is 0 Å². The van der Waals surface area contributed by atoms with Crippen molar-refractivity contribution in [2.75, 3.05) is 0 Å². The summed E-state index contributed by atoms with van der Waals surface area (Å²) in [6.45, 7) is 11.2. The number of carbonyl (C=O) groups excluding carboxylic acids is 1. The molecule has 0 aromatic rings. The first-order chi connectivity index (χ1) is 11.7. The van der Waals surface area contributed by atoms with Crippen molar-refractivity contribution in [1.29, 1.82) is 0 Å². The minimum Gasteiger partial charge on any atom is -0.429 e. The Bertz CT molecular complexity index is 597. The maximum atomic E-state index is 11.3. The molecular weight excluding hydrogens is 320 g/mol. The Labute approximate surface area is 149 Å². The Morgan fingerprint density at radius 3 is 2.68 bits per heavy atom. The highest BCUT2D eigenvalue weighted by Crippen LogP contribution is 2.63. The summed E-state index contributed by atoms with van der Waals surface area (Å²) in [6, 6.07) is 0. The molecule has 2 aliphatic carbocycles. The molecule has 0 amide bonds. The maximum absolute atomic E-state index is 11.3. The van der Waals surface area contributed by atoms with Gasteiger partial charge in [0, 0.05) is 11.6 Å². The zero-order valence-corrected chi connectivity index (χ0v) is 15.5. The van der Waals surface area contributed by atoms with E-state index in [0.29, 0.717) is 23.8 Å². The summed E-state index contributed by atoms with van der Waals surface area (Å²) in [4.78, 5) is 16.0. The number of hydrogen-bond donors (Lipinski definition) is 2. The van der Waals surface area contributed by atoms with Crippen LogP contribution in [0.1, 0.15) is 59.3 Å². The SMILES string of the molecule is C=C1C(OO)CCC2C1(C)CCC(C)C2(C)CCC1=CC(=O)OC1O. The van der Waals surface area contributed by atoms with Crippen molar-refractivity contribution in [3.05, 3.63) is 23.8 Å². The molecule has 1 heterocycles. The number of carbonyl (C=O) groups is 1. The molecule has 140 valence electrons. The van der Waals surface area contributed by atoms with Crippen molar-refractivity contribution in [1.82, 2.24) is 0 Å². The standard InChI is InChI=1S/C20H30O5/c1-12-7-9-20(4)13(2)15(25-23)5-6-16(20)19(12,3)10-8-14-11-17(21)24-18(14)22/h11-12,15-16,18,22-23H,2,5-10H2,1,3-4H3. The third-order valence-electron chi connectivity index (χ3n) is 7.56. The topological polar surface area (TPSA) is 76.0 Å². The molecule has 6 unspecified atom stereocenters. The molecule has 2 N–H and O–H groups in total. The zero-order valence-electron chi connectivity index (χ0n) is 15.5. The molecule has 0 aromatic heterocycles. The summed E-state index contributed by atoms with van der Waals surface area (Å²) in [6.07, 6.45) is 5.54. The Morgan fingerprint density at radius 1 is 1.36 bits per heavy atom. The predicted molar refractivity (Wildman–Crippen MR) is 93.4 cm³/mol.